The van der Waals surface area contributed by atoms with Gasteiger partial charge in [0.05, 0.1) is 6.42 Å². The van der Waals surface area contributed by atoms with Crippen molar-refractivity contribution in [1.29, 1.82) is 0 Å². The van der Waals surface area contributed by atoms with E-state index in [0.717, 1.165) is 11.1 Å². The molecule has 186 valence electrons. The standard InChI is InChI=1S/C27H32N2O6/c1-3-29(17(2)14-24(30)31)26(32)25-18(12-13-34-25)15-28-27(33)35-16-23-21-10-6-4-8-19(21)20-9-5-7-11-22(20)23/h4-11,17-18,23,25H,3,12-16H2,1-2H3,(H,28,33)(H,30,31)/t17?,18-,25-/m0/s1. The lowest BCUT2D eigenvalue weighted by Crippen LogP contribution is -2.48. The van der Waals surface area contributed by atoms with Crippen LogP contribution in [0.15, 0.2) is 48.5 Å². The SMILES string of the molecule is CCN(C(=O)[C@H]1OCC[C@H]1CNC(=O)OCC1c2ccccc2-c2ccccc21)C(C)CC(=O)O. The van der Waals surface area contributed by atoms with E-state index in [1.165, 1.54) is 16.0 Å². The van der Waals surface area contributed by atoms with E-state index in [9.17, 15) is 14.4 Å². The van der Waals surface area contributed by atoms with E-state index in [0.29, 0.717) is 19.6 Å². The molecule has 1 aliphatic heterocycles. The van der Waals surface area contributed by atoms with E-state index in [4.69, 9.17) is 14.6 Å². The van der Waals surface area contributed by atoms with Crippen LogP contribution in [0.25, 0.3) is 11.1 Å². The normalized spacial score (nSPS) is 19.5. The van der Waals surface area contributed by atoms with Crippen LogP contribution in [0.1, 0.15) is 43.7 Å². The number of likely N-dealkylation sites (N-methyl/N-ethyl adjacent to an activating group) is 1. The number of rotatable bonds is 9. The highest BCUT2D eigenvalue weighted by Crippen LogP contribution is 2.44. The second kappa shape index (κ2) is 10.9. The lowest BCUT2D eigenvalue weighted by Gasteiger charge is -2.31. The molecule has 0 spiro atoms. The lowest BCUT2D eigenvalue weighted by atomic mass is 9.98. The Morgan fingerprint density at radius 3 is 2.34 bits per heavy atom. The van der Waals surface area contributed by atoms with Crippen LogP contribution in [0.3, 0.4) is 0 Å². The lowest BCUT2D eigenvalue weighted by molar-refractivity contribution is -0.146. The molecule has 0 radical (unpaired) electrons. The number of fused-ring (bicyclic) bond motifs is 3. The Labute approximate surface area is 205 Å². The number of benzene rings is 2. The molecular weight excluding hydrogens is 448 g/mol. The van der Waals surface area contributed by atoms with E-state index >= 15 is 0 Å². The molecule has 3 atom stereocenters. The van der Waals surface area contributed by atoms with Gasteiger partial charge in [-0.2, -0.15) is 0 Å². The molecule has 0 bridgehead atoms. The smallest absolute Gasteiger partial charge is 0.407 e. The van der Waals surface area contributed by atoms with Gasteiger partial charge in [-0.1, -0.05) is 48.5 Å². The minimum Gasteiger partial charge on any atom is -0.481 e. The van der Waals surface area contributed by atoms with Gasteiger partial charge in [0.2, 0.25) is 0 Å². The first-order chi connectivity index (χ1) is 16.9. The molecule has 2 aliphatic rings. The number of carbonyl (C=O) groups excluding carboxylic acids is 2. The molecule has 1 fully saturated rings. The maximum Gasteiger partial charge on any atom is 0.407 e. The number of hydrogen-bond donors (Lipinski definition) is 2. The number of alkyl carbamates (subject to hydrolysis) is 1. The Bertz CT molecular complexity index is 1040. The average Bonchev–Trinajstić information content (AvgIpc) is 3.44. The third-order valence-electron chi connectivity index (χ3n) is 6.94. The summed E-state index contributed by atoms with van der Waals surface area (Å²) in [5.41, 5.74) is 4.62. The predicted octanol–water partition coefficient (Wildman–Crippen LogP) is 3.64. The second-order valence-electron chi connectivity index (χ2n) is 9.12. The van der Waals surface area contributed by atoms with Crippen molar-refractivity contribution in [3.05, 3.63) is 59.7 Å². The van der Waals surface area contributed by atoms with E-state index in [-0.39, 0.29) is 37.3 Å². The summed E-state index contributed by atoms with van der Waals surface area (Å²) in [7, 11) is 0. The molecule has 2 N–H and O–H groups in total. The van der Waals surface area contributed by atoms with Crippen molar-refractivity contribution < 1.29 is 29.0 Å². The summed E-state index contributed by atoms with van der Waals surface area (Å²) in [6.45, 7) is 4.80. The largest absolute Gasteiger partial charge is 0.481 e. The number of nitrogens with zero attached hydrogens (tertiary/aromatic N) is 1. The molecule has 2 aromatic rings. The van der Waals surface area contributed by atoms with Gasteiger partial charge in [0, 0.05) is 37.6 Å². The Hall–Kier alpha value is -3.39. The number of ether oxygens (including phenoxy) is 2. The second-order valence-corrected chi connectivity index (χ2v) is 9.12. The first kappa shape index (κ1) is 24.7. The topological polar surface area (TPSA) is 105 Å². The minimum atomic E-state index is -0.954. The molecule has 1 aliphatic carbocycles. The van der Waals surface area contributed by atoms with Crippen LogP contribution in [0.4, 0.5) is 4.79 Å². The number of carboxylic acids is 1. The zero-order valence-electron chi connectivity index (χ0n) is 20.1. The van der Waals surface area contributed by atoms with Crippen molar-refractivity contribution in [2.45, 2.75) is 44.8 Å². The molecule has 4 rings (SSSR count). The molecule has 1 heterocycles. The third kappa shape index (κ3) is 5.32. The summed E-state index contributed by atoms with van der Waals surface area (Å²) in [6, 6.07) is 15.9. The van der Waals surface area contributed by atoms with E-state index in [1.54, 1.807) is 6.92 Å². The molecule has 1 unspecified atom stereocenters. The summed E-state index contributed by atoms with van der Waals surface area (Å²) < 4.78 is 11.3. The van der Waals surface area contributed by atoms with Gasteiger partial charge in [0.25, 0.3) is 5.91 Å². The first-order valence-electron chi connectivity index (χ1n) is 12.1. The Morgan fingerprint density at radius 1 is 1.11 bits per heavy atom. The van der Waals surface area contributed by atoms with Crippen molar-refractivity contribution in [3.63, 3.8) is 0 Å². The minimum absolute atomic E-state index is 0.0221. The molecule has 2 aromatic carbocycles. The van der Waals surface area contributed by atoms with Gasteiger partial charge in [0.15, 0.2) is 0 Å². The molecule has 35 heavy (non-hydrogen) atoms. The van der Waals surface area contributed by atoms with Crippen molar-refractivity contribution in [2.75, 3.05) is 26.3 Å². The van der Waals surface area contributed by atoms with Crippen molar-refractivity contribution >= 4 is 18.0 Å². The number of hydrogen-bond acceptors (Lipinski definition) is 5. The van der Waals surface area contributed by atoms with E-state index in [2.05, 4.69) is 29.6 Å². The third-order valence-corrected chi connectivity index (χ3v) is 6.94. The molecule has 0 aromatic heterocycles. The van der Waals surface area contributed by atoms with Crippen LogP contribution in [-0.2, 0) is 19.1 Å². The van der Waals surface area contributed by atoms with Crippen LogP contribution >= 0.6 is 0 Å². The fourth-order valence-electron chi connectivity index (χ4n) is 5.19. The van der Waals surface area contributed by atoms with Gasteiger partial charge in [0.1, 0.15) is 12.7 Å². The highest BCUT2D eigenvalue weighted by atomic mass is 16.5. The first-order valence-corrected chi connectivity index (χ1v) is 12.1. The number of aliphatic carboxylic acids is 1. The highest BCUT2D eigenvalue weighted by molar-refractivity contribution is 5.83. The van der Waals surface area contributed by atoms with E-state index < -0.39 is 24.2 Å². The zero-order chi connectivity index (χ0) is 24.9. The molecule has 8 nitrogen and oxygen atoms in total. The van der Waals surface area contributed by atoms with Crippen LogP contribution in [-0.4, -0.2) is 66.4 Å². The molecule has 2 amide bonds. The maximum atomic E-state index is 13.1. The summed E-state index contributed by atoms with van der Waals surface area (Å²) in [4.78, 5) is 38.2. The molecule has 1 saturated heterocycles. The van der Waals surface area contributed by atoms with Gasteiger partial charge in [-0.25, -0.2) is 4.79 Å². The predicted molar refractivity (Wildman–Crippen MR) is 130 cm³/mol. The van der Waals surface area contributed by atoms with Crippen LogP contribution in [0, 0.1) is 5.92 Å². The maximum absolute atomic E-state index is 13.1. The summed E-state index contributed by atoms with van der Waals surface area (Å²) in [5.74, 6) is -1.41. The Balaban J connectivity index is 1.32. The number of amides is 2. The van der Waals surface area contributed by atoms with Crippen molar-refractivity contribution in [3.8, 4) is 11.1 Å². The number of carbonyl (C=O) groups is 3. The molecular formula is C27H32N2O6. The van der Waals surface area contributed by atoms with Gasteiger partial charge in [-0.15, -0.1) is 0 Å². The fourth-order valence-corrected chi connectivity index (χ4v) is 5.19. The number of nitrogens with one attached hydrogen (secondary N) is 1. The monoisotopic (exact) mass is 480 g/mol. The quantitative estimate of drug-likeness (QED) is 0.568. The van der Waals surface area contributed by atoms with Crippen LogP contribution in [0.5, 0.6) is 0 Å². The fraction of sp³-hybridized carbons (Fsp3) is 0.444. The zero-order valence-corrected chi connectivity index (χ0v) is 20.1. The number of carboxylic acid groups (broad SMARTS) is 1. The van der Waals surface area contributed by atoms with Crippen LogP contribution in [0.2, 0.25) is 0 Å². The summed E-state index contributed by atoms with van der Waals surface area (Å²) in [6.07, 6.45) is -0.739. The Morgan fingerprint density at radius 2 is 1.74 bits per heavy atom. The Kier molecular flexibility index (Phi) is 7.70. The van der Waals surface area contributed by atoms with Crippen LogP contribution < -0.4 is 5.32 Å². The van der Waals surface area contributed by atoms with Gasteiger partial charge in [-0.3, -0.25) is 9.59 Å². The van der Waals surface area contributed by atoms with Gasteiger partial charge < -0.3 is 24.8 Å². The summed E-state index contributed by atoms with van der Waals surface area (Å²) in [5, 5.41) is 11.9. The highest BCUT2D eigenvalue weighted by Gasteiger charge is 2.38. The van der Waals surface area contributed by atoms with E-state index in [1.807, 2.05) is 31.2 Å². The average molecular weight is 481 g/mol. The van der Waals surface area contributed by atoms with Gasteiger partial charge >= 0.3 is 12.1 Å². The molecule has 8 heteroatoms. The van der Waals surface area contributed by atoms with Crippen molar-refractivity contribution in [1.82, 2.24) is 10.2 Å². The van der Waals surface area contributed by atoms with Gasteiger partial charge in [-0.05, 0) is 42.5 Å². The van der Waals surface area contributed by atoms with Crippen molar-refractivity contribution in [2.24, 2.45) is 5.92 Å². The summed E-state index contributed by atoms with van der Waals surface area (Å²) >= 11 is 0. The molecule has 0 saturated carbocycles.